The molecule has 2 aromatic rings. The fraction of sp³-hybridized carbons (Fsp3) is 0.353. The van der Waals surface area contributed by atoms with E-state index in [-0.39, 0.29) is 0 Å². The van der Waals surface area contributed by atoms with Crippen molar-refractivity contribution in [3.8, 4) is 0 Å². The number of aromatic nitrogens is 1. The summed E-state index contributed by atoms with van der Waals surface area (Å²) in [5, 5.41) is 0. The van der Waals surface area contributed by atoms with Crippen molar-refractivity contribution in [2.75, 3.05) is 10.8 Å². The van der Waals surface area contributed by atoms with Gasteiger partial charge in [-0.25, -0.2) is 8.42 Å². The van der Waals surface area contributed by atoms with Crippen LogP contribution < -0.4 is 4.31 Å². The first kappa shape index (κ1) is 15.0. The van der Waals surface area contributed by atoms with Crippen LogP contribution in [0.2, 0.25) is 0 Å². The first-order valence-electron chi connectivity index (χ1n) is 7.68. The summed E-state index contributed by atoms with van der Waals surface area (Å²) >= 11 is 0. The van der Waals surface area contributed by atoms with Gasteiger partial charge in [0.1, 0.15) is 0 Å². The predicted octanol–water partition coefficient (Wildman–Crippen LogP) is 3.18. The molecule has 0 bridgehead atoms. The Bertz CT molecular complexity index is 754. The summed E-state index contributed by atoms with van der Waals surface area (Å²) < 4.78 is 27.3. The Morgan fingerprint density at radius 3 is 2.68 bits per heavy atom. The Morgan fingerprint density at radius 1 is 1.18 bits per heavy atom. The number of pyridine rings is 1. The molecule has 1 aliphatic rings. The second-order valence-corrected chi connectivity index (χ2v) is 7.41. The highest BCUT2D eigenvalue weighted by Gasteiger charge is 2.29. The average Bonchev–Trinajstić information content (AvgIpc) is 2.55. The molecule has 3 rings (SSSR count). The molecule has 1 aromatic heterocycles. The number of anilines is 1. The van der Waals surface area contributed by atoms with Crippen LogP contribution in [0, 0.1) is 0 Å². The third-order valence-corrected chi connectivity index (χ3v) is 5.79. The van der Waals surface area contributed by atoms with Crippen LogP contribution in [0.4, 0.5) is 5.69 Å². The van der Waals surface area contributed by atoms with E-state index in [2.05, 4.69) is 11.9 Å². The van der Waals surface area contributed by atoms with Gasteiger partial charge in [-0.2, -0.15) is 0 Å². The van der Waals surface area contributed by atoms with Gasteiger partial charge in [0, 0.05) is 12.7 Å². The van der Waals surface area contributed by atoms with E-state index in [0.717, 1.165) is 31.4 Å². The van der Waals surface area contributed by atoms with E-state index in [1.807, 2.05) is 18.2 Å². The SMILES string of the molecule is CCCc1ccc(S(=O)(=O)N2CCCc3ncccc32)cc1. The summed E-state index contributed by atoms with van der Waals surface area (Å²) in [4.78, 5) is 4.66. The minimum absolute atomic E-state index is 0.351. The Labute approximate surface area is 131 Å². The van der Waals surface area contributed by atoms with Crippen LogP contribution in [0.15, 0.2) is 47.5 Å². The molecular formula is C17H20N2O2S. The largest absolute Gasteiger partial charge is 0.264 e. The molecule has 0 saturated carbocycles. The third-order valence-electron chi connectivity index (χ3n) is 3.96. The molecule has 0 fully saturated rings. The van der Waals surface area contributed by atoms with E-state index in [0.29, 0.717) is 17.1 Å². The van der Waals surface area contributed by atoms with Gasteiger partial charge in [-0.3, -0.25) is 9.29 Å². The molecule has 22 heavy (non-hydrogen) atoms. The summed E-state index contributed by atoms with van der Waals surface area (Å²) in [6, 6.07) is 10.9. The molecule has 116 valence electrons. The van der Waals surface area contributed by atoms with Crippen molar-refractivity contribution >= 4 is 15.7 Å². The predicted molar refractivity (Wildman–Crippen MR) is 87.5 cm³/mol. The first-order chi connectivity index (χ1) is 10.6. The van der Waals surface area contributed by atoms with Crippen LogP contribution in [-0.4, -0.2) is 19.9 Å². The fourth-order valence-corrected chi connectivity index (χ4v) is 4.38. The lowest BCUT2D eigenvalue weighted by Crippen LogP contribution is -2.35. The van der Waals surface area contributed by atoms with Gasteiger partial charge < -0.3 is 0 Å². The van der Waals surface area contributed by atoms with Crippen molar-refractivity contribution in [1.82, 2.24) is 4.98 Å². The van der Waals surface area contributed by atoms with Crippen LogP contribution in [0.5, 0.6) is 0 Å². The number of fused-ring (bicyclic) bond motifs is 1. The second kappa shape index (κ2) is 6.08. The summed E-state index contributed by atoms with van der Waals surface area (Å²) in [6.07, 6.45) is 5.37. The molecule has 1 aliphatic heterocycles. The lowest BCUT2D eigenvalue weighted by atomic mass is 10.1. The number of aryl methyl sites for hydroxylation is 2. The zero-order chi connectivity index (χ0) is 15.6. The van der Waals surface area contributed by atoms with Gasteiger partial charge in [0.15, 0.2) is 0 Å². The third kappa shape index (κ3) is 2.73. The monoisotopic (exact) mass is 316 g/mol. The number of rotatable bonds is 4. The number of nitrogens with zero attached hydrogens (tertiary/aromatic N) is 2. The molecule has 0 atom stereocenters. The van der Waals surface area contributed by atoms with Crippen molar-refractivity contribution in [2.24, 2.45) is 0 Å². The van der Waals surface area contributed by atoms with Gasteiger partial charge in [0.2, 0.25) is 0 Å². The Morgan fingerprint density at radius 2 is 1.95 bits per heavy atom. The number of sulfonamides is 1. The van der Waals surface area contributed by atoms with E-state index in [9.17, 15) is 8.42 Å². The normalized spacial score (nSPS) is 14.7. The number of hydrogen-bond donors (Lipinski definition) is 0. The highest BCUT2D eigenvalue weighted by molar-refractivity contribution is 7.92. The molecule has 5 heteroatoms. The molecular weight excluding hydrogens is 296 g/mol. The van der Waals surface area contributed by atoms with Gasteiger partial charge in [0.25, 0.3) is 10.0 Å². The van der Waals surface area contributed by atoms with Gasteiger partial charge in [-0.1, -0.05) is 25.5 Å². The van der Waals surface area contributed by atoms with Crippen molar-refractivity contribution in [3.05, 3.63) is 53.9 Å². The molecule has 0 unspecified atom stereocenters. The maximum Gasteiger partial charge on any atom is 0.264 e. The molecule has 0 spiro atoms. The van der Waals surface area contributed by atoms with Gasteiger partial charge in [-0.15, -0.1) is 0 Å². The molecule has 0 radical (unpaired) electrons. The fourth-order valence-electron chi connectivity index (χ4n) is 2.85. The summed E-state index contributed by atoms with van der Waals surface area (Å²) in [7, 11) is -3.51. The zero-order valence-corrected chi connectivity index (χ0v) is 13.5. The van der Waals surface area contributed by atoms with Gasteiger partial charge in [0.05, 0.1) is 16.3 Å². The van der Waals surface area contributed by atoms with Crippen molar-refractivity contribution in [3.63, 3.8) is 0 Å². The molecule has 0 amide bonds. The molecule has 2 heterocycles. The molecule has 0 saturated heterocycles. The zero-order valence-electron chi connectivity index (χ0n) is 12.7. The number of benzene rings is 1. The Kier molecular flexibility index (Phi) is 4.16. The summed E-state index contributed by atoms with van der Waals surface area (Å²) in [6.45, 7) is 2.63. The first-order valence-corrected chi connectivity index (χ1v) is 9.12. The topological polar surface area (TPSA) is 50.3 Å². The maximum atomic E-state index is 12.9. The van der Waals surface area contributed by atoms with Crippen molar-refractivity contribution in [1.29, 1.82) is 0 Å². The lowest BCUT2D eigenvalue weighted by Gasteiger charge is -2.29. The smallest absolute Gasteiger partial charge is 0.264 e. The Balaban J connectivity index is 1.97. The average molecular weight is 316 g/mol. The van der Waals surface area contributed by atoms with Crippen molar-refractivity contribution in [2.45, 2.75) is 37.5 Å². The van der Waals surface area contributed by atoms with E-state index in [1.165, 1.54) is 9.87 Å². The standard InChI is InChI=1S/C17H20N2O2S/c1-2-5-14-8-10-15(11-9-14)22(20,21)19-13-4-6-16-17(19)7-3-12-18-16/h3,7-12H,2,4-6,13H2,1H3. The summed E-state index contributed by atoms with van der Waals surface area (Å²) in [5.41, 5.74) is 2.74. The van der Waals surface area contributed by atoms with Gasteiger partial charge >= 0.3 is 0 Å². The second-order valence-electron chi connectivity index (χ2n) is 5.54. The maximum absolute atomic E-state index is 12.9. The summed E-state index contributed by atoms with van der Waals surface area (Å²) in [5.74, 6) is 0. The van der Waals surface area contributed by atoms with E-state index >= 15 is 0 Å². The number of hydrogen-bond acceptors (Lipinski definition) is 3. The van der Waals surface area contributed by atoms with E-state index in [1.54, 1.807) is 24.4 Å². The van der Waals surface area contributed by atoms with Crippen LogP contribution >= 0.6 is 0 Å². The minimum atomic E-state index is -3.51. The lowest BCUT2D eigenvalue weighted by molar-refractivity contribution is 0.585. The van der Waals surface area contributed by atoms with Crippen LogP contribution in [0.1, 0.15) is 31.0 Å². The highest BCUT2D eigenvalue weighted by Crippen LogP contribution is 2.30. The van der Waals surface area contributed by atoms with Crippen LogP contribution in [0.3, 0.4) is 0 Å². The molecule has 4 nitrogen and oxygen atoms in total. The molecule has 0 N–H and O–H groups in total. The van der Waals surface area contributed by atoms with E-state index < -0.39 is 10.0 Å². The van der Waals surface area contributed by atoms with Gasteiger partial charge in [-0.05, 0) is 49.1 Å². The molecule has 0 aliphatic carbocycles. The minimum Gasteiger partial charge on any atom is -0.264 e. The van der Waals surface area contributed by atoms with E-state index in [4.69, 9.17) is 0 Å². The van der Waals surface area contributed by atoms with Crippen LogP contribution in [-0.2, 0) is 22.9 Å². The van der Waals surface area contributed by atoms with Crippen LogP contribution in [0.25, 0.3) is 0 Å². The highest BCUT2D eigenvalue weighted by atomic mass is 32.2. The van der Waals surface area contributed by atoms with Crippen molar-refractivity contribution < 1.29 is 8.42 Å². The Hall–Kier alpha value is -1.88. The quantitative estimate of drug-likeness (QED) is 0.870. The molecule has 1 aromatic carbocycles.